The number of aromatic nitrogens is 1. The number of rotatable bonds is 6. The van der Waals surface area contributed by atoms with E-state index in [1.54, 1.807) is 12.1 Å². The quantitative estimate of drug-likeness (QED) is 0.136. The van der Waals surface area contributed by atoms with Gasteiger partial charge >= 0.3 is 0 Å². The summed E-state index contributed by atoms with van der Waals surface area (Å²) in [7, 11) is 0. The van der Waals surface area contributed by atoms with Crippen molar-refractivity contribution in [2.75, 3.05) is 10.6 Å². The van der Waals surface area contributed by atoms with Crippen molar-refractivity contribution in [1.29, 1.82) is 0 Å². The number of carbonyl (C=O) groups excluding carboxylic acids is 2. The minimum atomic E-state index is -0.306. The number of hydrogen-bond acceptors (Lipinski definition) is 4. The maximum absolute atomic E-state index is 13.6. The van der Waals surface area contributed by atoms with Gasteiger partial charge in [0.15, 0.2) is 10.9 Å². The average Bonchev–Trinajstić information content (AvgIpc) is 3.23. The summed E-state index contributed by atoms with van der Waals surface area (Å²) >= 11 is 6.98. The number of fused-ring (bicyclic) bond motifs is 3. The van der Waals surface area contributed by atoms with Gasteiger partial charge in [0.25, 0.3) is 0 Å². The number of hydrogen-bond donors (Lipinski definition) is 2. The van der Waals surface area contributed by atoms with Crippen LogP contribution in [0.1, 0.15) is 29.0 Å². The summed E-state index contributed by atoms with van der Waals surface area (Å²) in [4.78, 5) is 26.1. The average molecular weight is 524 g/mol. The van der Waals surface area contributed by atoms with Gasteiger partial charge in [0.2, 0.25) is 5.91 Å². The number of carbonyl (C=O) groups is 2. The molecule has 0 radical (unpaired) electrons. The Hall–Kier alpha value is -3.94. The first-order chi connectivity index (χ1) is 17.9. The van der Waals surface area contributed by atoms with Gasteiger partial charge in [-0.25, -0.2) is 0 Å². The summed E-state index contributed by atoms with van der Waals surface area (Å²) in [5.41, 5.74) is 4.10. The molecule has 1 heterocycles. The van der Waals surface area contributed by atoms with Crippen LogP contribution in [0, 0.1) is 0 Å². The summed E-state index contributed by atoms with van der Waals surface area (Å²) in [5, 5.41) is 8.61. The van der Waals surface area contributed by atoms with Gasteiger partial charge < -0.3 is 10.6 Å². The second-order valence-corrected chi connectivity index (χ2v) is 10.5. The Labute approximate surface area is 224 Å². The molecule has 184 valence electrons. The van der Waals surface area contributed by atoms with E-state index in [-0.39, 0.29) is 16.9 Å². The van der Waals surface area contributed by atoms with E-state index in [4.69, 9.17) is 12.2 Å². The van der Waals surface area contributed by atoms with Gasteiger partial charge in [-0.1, -0.05) is 42.5 Å². The minimum Gasteiger partial charge on any atom is -0.332 e. The SMILES string of the molecule is CC(=O)c1ccc(NC(=S)Nc2cccc(SC(C)C(=O)n3c4ccccc4c4ccccc43)c2)cc1. The molecule has 0 fully saturated rings. The first-order valence-corrected chi connectivity index (χ1v) is 13.2. The lowest BCUT2D eigenvalue weighted by Gasteiger charge is -2.15. The number of thiocarbonyl (C=S) groups is 1. The number of nitrogens with one attached hydrogen (secondary N) is 2. The molecule has 5 rings (SSSR count). The van der Waals surface area contributed by atoms with Crippen LogP contribution in [-0.2, 0) is 0 Å². The molecule has 4 aromatic carbocycles. The third kappa shape index (κ3) is 5.28. The van der Waals surface area contributed by atoms with Gasteiger partial charge in [-0.3, -0.25) is 14.2 Å². The zero-order valence-corrected chi connectivity index (χ0v) is 22.0. The normalized spacial score (nSPS) is 11.8. The topological polar surface area (TPSA) is 63.1 Å². The number of anilines is 2. The van der Waals surface area contributed by atoms with Gasteiger partial charge in [0, 0.05) is 32.6 Å². The molecule has 0 aliphatic rings. The maximum Gasteiger partial charge on any atom is 0.244 e. The van der Waals surface area contributed by atoms with Crippen LogP contribution in [0.3, 0.4) is 0 Å². The predicted molar refractivity (Wildman–Crippen MR) is 158 cm³/mol. The number of Topliss-reactive ketones (excluding diaryl/α,β-unsaturated/α-hetero) is 1. The Kier molecular flexibility index (Phi) is 7.08. The summed E-state index contributed by atoms with van der Waals surface area (Å²) in [5.74, 6) is 0.0550. The molecule has 1 atom stereocenters. The third-order valence-electron chi connectivity index (χ3n) is 6.10. The van der Waals surface area contributed by atoms with Crippen LogP contribution >= 0.6 is 24.0 Å². The van der Waals surface area contributed by atoms with Crippen LogP contribution in [0.2, 0.25) is 0 Å². The highest BCUT2D eigenvalue weighted by Crippen LogP contribution is 2.32. The first kappa shape index (κ1) is 24.7. The second kappa shape index (κ2) is 10.6. The third-order valence-corrected chi connectivity index (χ3v) is 7.39. The Balaban J connectivity index is 1.30. The molecule has 0 saturated carbocycles. The van der Waals surface area contributed by atoms with Crippen molar-refractivity contribution in [2.24, 2.45) is 0 Å². The Morgan fingerprint density at radius 2 is 1.38 bits per heavy atom. The summed E-state index contributed by atoms with van der Waals surface area (Å²) in [6, 6.07) is 31.0. The molecular formula is C30H25N3O2S2. The van der Waals surface area contributed by atoms with E-state index in [0.717, 1.165) is 38.1 Å². The van der Waals surface area contributed by atoms with Gasteiger partial charge in [0.05, 0.1) is 16.3 Å². The van der Waals surface area contributed by atoms with Crippen LogP contribution in [0.5, 0.6) is 0 Å². The van der Waals surface area contributed by atoms with Crippen LogP contribution in [0.4, 0.5) is 11.4 Å². The molecule has 0 aliphatic carbocycles. The standard InChI is InChI=1S/C30H25N3O2S2/c1-19(34)21-14-16-22(17-15-21)31-30(36)32-23-8-7-9-24(18-23)37-20(2)29(35)33-27-12-5-3-10-25(27)26-11-4-6-13-28(26)33/h3-18,20H,1-2H3,(H2,31,32,36). The van der Waals surface area contributed by atoms with Gasteiger partial charge in [-0.2, -0.15) is 0 Å². The Bertz CT molecular complexity index is 1590. The van der Waals surface area contributed by atoms with Crippen molar-refractivity contribution in [2.45, 2.75) is 24.0 Å². The molecular weight excluding hydrogens is 498 g/mol. The fourth-order valence-corrected chi connectivity index (χ4v) is 5.53. The number of thioether (sulfide) groups is 1. The monoisotopic (exact) mass is 523 g/mol. The van der Waals surface area contributed by atoms with Crippen molar-refractivity contribution < 1.29 is 9.59 Å². The van der Waals surface area contributed by atoms with Crippen LogP contribution in [-0.4, -0.2) is 26.6 Å². The van der Waals surface area contributed by atoms with E-state index < -0.39 is 0 Å². The molecule has 2 N–H and O–H groups in total. The van der Waals surface area contributed by atoms with E-state index in [1.807, 2.05) is 84.3 Å². The van der Waals surface area contributed by atoms with Gasteiger partial charge in [-0.15, -0.1) is 11.8 Å². The van der Waals surface area contributed by atoms with Crippen molar-refractivity contribution in [3.8, 4) is 0 Å². The fraction of sp³-hybridized carbons (Fsp3) is 0.100. The Morgan fingerprint density at radius 3 is 2.00 bits per heavy atom. The van der Waals surface area contributed by atoms with Gasteiger partial charge in [0.1, 0.15) is 0 Å². The summed E-state index contributed by atoms with van der Waals surface area (Å²) in [6.45, 7) is 3.48. The second-order valence-electron chi connectivity index (χ2n) is 8.71. The molecule has 5 aromatic rings. The van der Waals surface area contributed by atoms with E-state index in [2.05, 4.69) is 22.8 Å². The lowest BCUT2D eigenvalue weighted by atomic mass is 10.1. The lowest BCUT2D eigenvalue weighted by Crippen LogP contribution is -2.21. The molecule has 0 spiro atoms. The van der Waals surface area contributed by atoms with E-state index >= 15 is 0 Å². The van der Waals surface area contributed by atoms with Crippen molar-refractivity contribution in [1.82, 2.24) is 4.57 Å². The zero-order chi connectivity index (χ0) is 25.9. The molecule has 0 bridgehead atoms. The van der Waals surface area contributed by atoms with Crippen LogP contribution < -0.4 is 10.6 Å². The molecule has 1 aromatic heterocycles. The van der Waals surface area contributed by atoms with Crippen molar-refractivity contribution in [3.05, 3.63) is 103 Å². The van der Waals surface area contributed by atoms with Gasteiger partial charge in [-0.05, 0) is 80.7 Å². The molecule has 0 amide bonds. The van der Waals surface area contributed by atoms with Crippen LogP contribution in [0.15, 0.2) is 102 Å². The highest BCUT2D eigenvalue weighted by atomic mass is 32.2. The highest BCUT2D eigenvalue weighted by Gasteiger charge is 2.21. The van der Waals surface area contributed by atoms with E-state index in [0.29, 0.717) is 10.7 Å². The van der Waals surface area contributed by atoms with Crippen LogP contribution in [0.25, 0.3) is 21.8 Å². The molecule has 1 unspecified atom stereocenters. The number of ketones is 1. The summed E-state index contributed by atoms with van der Waals surface area (Å²) in [6.07, 6.45) is 0. The van der Waals surface area contributed by atoms with Crippen molar-refractivity contribution in [3.63, 3.8) is 0 Å². The molecule has 5 nitrogen and oxygen atoms in total. The first-order valence-electron chi connectivity index (χ1n) is 11.9. The molecule has 0 saturated heterocycles. The lowest BCUT2D eigenvalue weighted by molar-refractivity contribution is 0.0924. The highest BCUT2D eigenvalue weighted by molar-refractivity contribution is 8.00. The maximum atomic E-state index is 13.6. The number of para-hydroxylation sites is 2. The summed E-state index contributed by atoms with van der Waals surface area (Å²) < 4.78 is 1.83. The zero-order valence-electron chi connectivity index (χ0n) is 20.4. The largest absolute Gasteiger partial charge is 0.332 e. The van der Waals surface area contributed by atoms with E-state index in [1.165, 1.54) is 18.7 Å². The number of nitrogens with zero attached hydrogens (tertiary/aromatic N) is 1. The predicted octanol–water partition coefficient (Wildman–Crippen LogP) is 7.63. The molecule has 37 heavy (non-hydrogen) atoms. The fourth-order valence-electron chi connectivity index (χ4n) is 4.33. The smallest absolute Gasteiger partial charge is 0.244 e. The molecule has 7 heteroatoms. The van der Waals surface area contributed by atoms with E-state index in [9.17, 15) is 9.59 Å². The number of benzene rings is 4. The minimum absolute atomic E-state index is 0.0208. The molecule has 0 aliphatic heterocycles. The van der Waals surface area contributed by atoms with Crippen molar-refractivity contribution >= 4 is 74.0 Å². The Morgan fingerprint density at radius 1 is 0.784 bits per heavy atom.